The van der Waals surface area contributed by atoms with Gasteiger partial charge in [0.05, 0.1) is 12.0 Å². The summed E-state index contributed by atoms with van der Waals surface area (Å²) in [4.78, 5) is 4.62. The first-order valence-electron chi connectivity index (χ1n) is 5.44. The Hall–Kier alpha value is -0.590. The highest BCUT2D eigenvalue weighted by Gasteiger charge is 2.06. The summed E-state index contributed by atoms with van der Waals surface area (Å²) in [5, 5.41) is 8.67. The number of hydrogen-bond donors (Lipinski definition) is 0. The molecule has 0 aliphatic carbocycles. The van der Waals surface area contributed by atoms with Crippen molar-refractivity contribution in [2.24, 2.45) is 5.92 Å². The molecule has 0 rings (SSSR count). The smallest absolute Gasteiger partial charge is 0.0666 e. The van der Waals surface area contributed by atoms with E-state index in [9.17, 15) is 0 Å². The van der Waals surface area contributed by atoms with Crippen LogP contribution in [-0.2, 0) is 0 Å². The summed E-state index contributed by atoms with van der Waals surface area (Å²) < 4.78 is 0. The monoisotopic (exact) mass is 197 g/mol. The van der Waals surface area contributed by atoms with Crippen LogP contribution in [-0.4, -0.2) is 49.6 Å². The van der Waals surface area contributed by atoms with Gasteiger partial charge in [-0.2, -0.15) is 5.26 Å². The van der Waals surface area contributed by atoms with Crippen molar-refractivity contribution in [3.63, 3.8) is 0 Å². The Kier molecular flexibility index (Phi) is 7.45. The third kappa shape index (κ3) is 5.95. The second kappa shape index (κ2) is 7.78. The summed E-state index contributed by atoms with van der Waals surface area (Å²) in [6.45, 7) is 11.6. The van der Waals surface area contributed by atoms with Crippen molar-refractivity contribution in [2.45, 2.75) is 20.8 Å². The second-order valence-electron chi connectivity index (χ2n) is 3.82. The molecule has 1 atom stereocenters. The molecule has 0 aliphatic rings. The van der Waals surface area contributed by atoms with Crippen LogP contribution in [0.25, 0.3) is 0 Å². The average molecular weight is 197 g/mol. The van der Waals surface area contributed by atoms with E-state index >= 15 is 0 Å². The first kappa shape index (κ1) is 13.4. The number of nitriles is 1. The van der Waals surface area contributed by atoms with Crippen LogP contribution in [0.4, 0.5) is 0 Å². The van der Waals surface area contributed by atoms with Crippen LogP contribution in [0.15, 0.2) is 0 Å². The number of nitrogens with zero attached hydrogens (tertiary/aromatic N) is 3. The van der Waals surface area contributed by atoms with Gasteiger partial charge in [-0.3, -0.25) is 0 Å². The van der Waals surface area contributed by atoms with Crippen molar-refractivity contribution < 1.29 is 0 Å². The lowest BCUT2D eigenvalue weighted by atomic mass is 10.2. The van der Waals surface area contributed by atoms with Crippen molar-refractivity contribution in [1.82, 2.24) is 9.80 Å². The second-order valence-corrected chi connectivity index (χ2v) is 3.82. The predicted octanol–water partition coefficient (Wildman–Crippen LogP) is 1.42. The lowest BCUT2D eigenvalue weighted by molar-refractivity contribution is 0.232. The largest absolute Gasteiger partial charge is 0.304 e. The average Bonchev–Trinajstić information content (AvgIpc) is 2.19. The molecule has 82 valence electrons. The van der Waals surface area contributed by atoms with E-state index < -0.39 is 0 Å². The Morgan fingerprint density at radius 1 is 1.21 bits per heavy atom. The zero-order chi connectivity index (χ0) is 11.0. The maximum atomic E-state index is 8.67. The molecule has 0 bridgehead atoms. The Balaban J connectivity index is 3.63. The molecule has 0 heterocycles. The quantitative estimate of drug-likeness (QED) is 0.618. The molecule has 0 N–H and O–H groups in total. The van der Waals surface area contributed by atoms with Gasteiger partial charge in [-0.05, 0) is 27.1 Å². The standard InChI is InChI=1S/C11H23N3/c1-5-14(6-2)8-7-13(4)10-11(3)9-12/h11H,5-8,10H2,1-4H3. The maximum absolute atomic E-state index is 8.67. The molecule has 0 saturated heterocycles. The topological polar surface area (TPSA) is 30.3 Å². The van der Waals surface area contributed by atoms with Crippen molar-refractivity contribution in [3.8, 4) is 6.07 Å². The van der Waals surface area contributed by atoms with E-state index in [1.54, 1.807) is 0 Å². The number of rotatable bonds is 7. The molecule has 0 amide bonds. The molecule has 0 aliphatic heterocycles. The lowest BCUT2D eigenvalue weighted by Crippen LogP contribution is -2.34. The molecule has 0 spiro atoms. The van der Waals surface area contributed by atoms with Gasteiger partial charge in [0.2, 0.25) is 0 Å². The molecular formula is C11H23N3. The Bertz CT molecular complexity index is 170. The van der Waals surface area contributed by atoms with Crippen LogP contribution in [0.3, 0.4) is 0 Å². The third-order valence-electron chi connectivity index (χ3n) is 2.50. The van der Waals surface area contributed by atoms with E-state index in [2.05, 4.69) is 36.8 Å². The molecule has 1 unspecified atom stereocenters. The van der Waals surface area contributed by atoms with Gasteiger partial charge >= 0.3 is 0 Å². The van der Waals surface area contributed by atoms with Crippen molar-refractivity contribution in [3.05, 3.63) is 0 Å². The normalized spacial score (nSPS) is 13.2. The fourth-order valence-corrected chi connectivity index (χ4v) is 1.45. The van der Waals surface area contributed by atoms with Crippen LogP contribution in [0.2, 0.25) is 0 Å². The van der Waals surface area contributed by atoms with Gasteiger partial charge in [-0.25, -0.2) is 0 Å². The fraction of sp³-hybridized carbons (Fsp3) is 0.909. The van der Waals surface area contributed by atoms with Gasteiger partial charge in [-0.15, -0.1) is 0 Å². The van der Waals surface area contributed by atoms with E-state index in [1.165, 1.54) is 0 Å². The lowest BCUT2D eigenvalue weighted by Gasteiger charge is -2.23. The van der Waals surface area contributed by atoms with E-state index in [-0.39, 0.29) is 5.92 Å². The molecule has 0 aromatic heterocycles. The first-order chi connectivity index (χ1) is 6.63. The summed E-state index contributed by atoms with van der Waals surface area (Å²) in [6.07, 6.45) is 0. The van der Waals surface area contributed by atoms with Crippen molar-refractivity contribution in [1.29, 1.82) is 5.26 Å². The highest BCUT2D eigenvalue weighted by Crippen LogP contribution is 1.96. The third-order valence-corrected chi connectivity index (χ3v) is 2.50. The summed E-state index contributed by atoms with van der Waals surface area (Å²) in [5.41, 5.74) is 0. The van der Waals surface area contributed by atoms with Gasteiger partial charge in [0.15, 0.2) is 0 Å². The van der Waals surface area contributed by atoms with Gasteiger partial charge in [0, 0.05) is 19.6 Å². The summed E-state index contributed by atoms with van der Waals surface area (Å²) in [6, 6.07) is 2.26. The SMILES string of the molecule is CCN(CC)CCN(C)CC(C)C#N. The van der Waals surface area contributed by atoms with Crippen molar-refractivity contribution >= 4 is 0 Å². The van der Waals surface area contributed by atoms with Crippen LogP contribution in [0.1, 0.15) is 20.8 Å². The zero-order valence-corrected chi connectivity index (χ0v) is 9.95. The highest BCUT2D eigenvalue weighted by molar-refractivity contribution is 4.80. The molecule has 3 heteroatoms. The summed E-state index contributed by atoms with van der Waals surface area (Å²) >= 11 is 0. The molecule has 0 aromatic rings. The summed E-state index contributed by atoms with van der Waals surface area (Å²) in [5.74, 6) is 0.136. The van der Waals surface area contributed by atoms with Gasteiger partial charge in [0.25, 0.3) is 0 Å². The van der Waals surface area contributed by atoms with Crippen LogP contribution < -0.4 is 0 Å². The molecule has 0 aromatic carbocycles. The van der Waals surface area contributed by atoms with Crippen molar-refractivity contribution in [2.75, 3.05) is 39.8 Å². The van der Waals surface area contributed by atoms with Crippen LogP contribution >= 0.6 is 0 Å². The van der Waals surface area contributed by atoms with E-state index in [1.807, 2.05) is 6.92 Å². The van der Waals surface area contributed by atoms with Crippen LogP contribution in [0.5, 0.6) is 0 Å². The Labute approximate surface area is 88.3 Å². The van der Waals surface area contributed by atoms with E-state index in [0.29, 0.717) is 0 Å². The molecular weight excluding hydrogens is 174 g/mol. The van der Waals surface area contributed by atoms with E-state index in [4.69, 9.17) is 5.26 Å². The minimum absolute atomic E-state index is 0.136. The molecule has 14 heavy (non-hydrogen) atoms. The molecule has 3 nitrogen and oxygen atoms in total. The Morgan fingerprint density at radius 2 is 1.79 bits per heavy atom. The summed E-state index contributed by atoms with van der Waals surface area (Å²) in [7, 11) is 2.08. The zero-order valence-electron chi connectivity index (χ0n) is 9.95. The number of hydrogen-bond acceptors (Lipinski definition) is 3. The number of likely N-dealkylation sites (N-methyl/N-ethyl adjacent to an activating group) is 2. The Morgan fingerprint density at radius 3 is 2.21 bits per heavy atom. The minimum Gasteiger partial charge on any atom is -0.304 e. The maximum Gasteiger partial charge on any atom is 0.0666 e. The molecule has 0 saturated carbocycles. The first-order valence-corrected chi connectivity index (χ1v) is 5.44. The predicted molar refractivity (Wildman–Crippen MR) is 60.1 cm³/mol. The molecule has 0 radical (unpaired) electrons. The van der Waals surface area contributed by atoms with Crippen LogP contribution in [0, 0.1) is 17.2 Å². The van der Waals surface area contributed by atoms with Gasteiger partial charge in [-0.1, -0.05) is 13.8 Å². The molecule has 0 fully saturated rings. The van der Waals surface area contributed by atoms with E-state index in [0.717, 1.165) is 32.7 Å². The van der Waals surface area contributed by atoms with Gasteiger partial charge in [0.1, 0.15) is 0 Å². The fourth-order valence-electron chi connectivity index (χ4n) is 1.45. The van der Waals surface area contributed by atoms with Gasteiger partial charge < -0.3 is 9.80 Å². The minimum atomic E-state index is 0.136. The highest BCUT2D eigenvalue weighted by atomic mass is 15.2.